The van der Waals surface area contributed by atoms with Crippen LogP contribution in [0, 0.1) is 0 Å². The van der Waals surface area contributed by atoms with Crippen LogP contribution in [0.3, 0.4) is 0 Å². The summed E-state index contributed by atoms with van der Waals surface area (Å²) in [5.41, 5.74) is 4.17. The third kappa shape index (κ3) is 3.30. The molecule has 1 aromatic carbocycles. The highest BCUT2D eigenvalue weighted by molar-refractivity contribution is 7.07. The van der Waals surface area contributed by atoms with Gasteiger partial charge in [-0.1, -0.05) is 23.7 Å². The highest BCUT2D eigenvalue weighted by Crippen LogP contribution is 2.09. The average Bonchev–Trinajstić information content (AvgIpc) is 2.74. The van der Waals surface area contributed by atoms with Crippen LogP contribution in [0.25, 0.3) is 0 Å². The number of hydrogen-bond acceptors (Lipinski definition) is 3. The Labute approximate surface area is 97.9 Å². The van der Waals surface area contributed by atoms with Gasteiger partial charge in [0.2, 0.25) is 0 Å². The summed E-state index contributed by atoms with van der Waals surface area (Å²) in [5, 5.41) is 6.15. The molecular formula is C11H11ClN2S. The zero-order chi connectivity index (χ0) is 10.5. The molecule has 4 heteroatoms. The van der Waals surface area contributed by atoms with Crippen molar-refractivity contribution >= 4 is 22.9 Å². The molecule has 2 aromatic rings. The molecule has 0 atom stereocenters. The van der Waals surface area contributed by atoms with Crippen molar-refractivity contribution in [2.75, 3.05) is 0 Å². The lowest BCUT2D eigenvalue weighted by Gasteiger charge is -2.02. The van der Waals surface area contributed by atoms with E-state index in [0.29, 0.717) is 0 Å². The van der Waals surface area contributed by atoms with Crippen molar-refractivity contribution in [3.05, 3.63) is 51.4 Å². The number of nitrogens with one attached hydrogen (secondary N) is 1. The monoisotopic (exact) mass is 238 g/mol. The maximum Gasteiger partial charge on any atom is 0.0795 e. The molecule has 78 valence electrons. The molecule has 0 aliphatic heterocycles. The van der Waals surface area contributed by atoms with Gasteiger partial charge in [0.15, 0.2) is 0 Å². The molecule has 2 nitrogen and oxygen atoms in total. The minimum atomic E-state index is 0.776. The minimum Gasteiger partial charge on any atom is -0.307 e. The van der Waals surface area contributed by atoms with E-state index in [1.807, 2.05) is 29.8 Å². The Balaban J connectivity index is 1.81. The van der Waals surface area contributed by atoms with Crippen LogP contribution in [-0.2, 0) is 13.1 Å². The Kier molecular flexibility index (Phi) is 3.72. The second-order valence-corrected chi connectivity index (χ2v) is 4.36. The van der Waals surface area contributed by atoms with Gasteiger partial charge in [0, 0.05) is 23.5 Å². The van der Waals surface area contributed by atoms with Crippen molar-refractivity contribution < 1.29 is 0 Å². The van der Waals surface area contributed by atoms with E-state index < -0.39 is 0 Å². The van der Waals surface area contributed by atoms with Gasteiger partial charge >= 0.3 is 0 Å². The second kappa shape index (κ2) is 5.26. The number of rotatable bonds is 4. The molecule has 0 amide bonds. The first-order valence-electron chi connectivity index (χ1n) is 4.67. The van der Waals surface area contributed by atoms with Crippen LogP contribution in [0.2, 0.25) is 5.02 Å². The summed E-state index contributed by atoms with van der Waals surface area (Å²) < 4.78 is 0. The van der Waals surface area contributed by atoms with Crippen LogP contribution < -0.4 is 5.32 Å². The minimum absolute atomic E-state index is 0.776. The third-order valence-electron chi connectivity index (χ3n) is 2.03. The van der Waals surface area contributed by atoms with Gasteiger partial charge in [0.1, 0.15) is 0 Å². The number of hydrogen-bond donors (Lipinski definition) is 1. The van der Waals surface area contributed by atoms with Gasteiger partial charge in [-0.2, -0.15) is 0 Å². The zero-order valence-electron chi connectivity index (χ0n) is 8.11. The first-order chi connectivity index (χ1) is 7.34. The Morgan fingerprint density at radius 3 is 2.67 bits per heavy atom. The molecule has 0 aliphatic carbocycles. The summed E-state index contributed by atoms with van der Waals surface area (Å²) in [6.07, 6.45) is 0. The first kappa shape index (κ1) is 10.6. The maximum absolute atomic E-state index is 5.80. The van der Waals surface area contributed by atoms with Crippen LogP contribution in [0.15, 0.2) is 35.2 Å². The molecule has 0 saturated heterocycles. The van der Waals surface area contributed by atoms with Gasteiger partial charge < -0.3 is 5.32 Å². The molecule has 0 fully saturated rings. The Bertz CT molecular complexity index is 397. The second-order valence-electron chi connectivity index (χ2n) is 3.21. The van der Waals surface area contributed by atoms with Gasteiger partial charge in [-0.15, -0.1) is 11.3 Å². The van der Waals surface area contributed by atoms with E-state index in [-0.39, 0.29) is 0 Å². The summed E-state index contributed by atoms with van der Waals surface area (Å²) >= 11 is 7.42. The Morgan fingerprint density at radius 2 is 2.00 bits per heavy atom. The number of thiazole rings is 1. The summed E-state index contributed by atoms with van der Waals surface area (Å²) in [7, 11) is 0. The Hall–Kier alpha value is -0.900. The zero-order valence-corrected chi connectivity index (χ0v) is 9.68. The number of aromatic nitrogens is 1. The van der Waals surface area contributed by atoms with E-state index in [0.717, 1.165) is 23.8 Å². The van der Waals surface area contributed by atoms with Crippen molar-refractivity contribution in [1.82, 2.24) is 10.3 Å². The van der Waals surface area contributed by atoms with E-state index >= 15 is 0 Å². The largest absolute Gasteiger partial charge is 0.307 e. The quantitative estimate of drug-likeness (QED) is 0.886. The van der Waals surface area contributed by atoms with Crippen molar-refractivity contribution in [3.63, 3.8) is 0 Å². The summed E-state index contributed by atoms with van der Waals surface area (Å²) in [6, 6.07) is 7.86. The van der Waals surface area contributed by atoms with Crippen molar-refractivity contribution in [3.8, 4) is 0 Å². The molecule has 2 rings (SSSR count). The van der Waals surface area contributed by atoms with Crippen molar-refractivity contribution in [2.45, 2.75) is 13.1 Å². The molecule has 0 bridgehead atoms. The molecule has 15 heavy (non-hydrogen) atoms. The fraction of sp³-hybridized carbons (Fsp3) is 0.182. The average molecular weight is 239 g/mol. The molecule has 0 radical (unpaired) electrons. The number of benzene rings is 1. The van der Waals surface area contributed by atoms with Gasteiger partial charge in [-0.05, 0) is 17.7 Å². The molecule has 1 aromatic heterocycles. The topological polar surface area (TPSA) is 24.9 Å². The predicted octanol–water partition coefficient (Wildman–Crippen LogP) is 3.09. The molecule has 1 N–H and O–H groups in total. The van der Waals surface area contributed by atoms with E-state index in [1.54, 1.807) is 11.3 Å². The first-order valence-corrected chi connectivity index (χ1v) is 5.99. The lowest BCUT2D eigenvalue weighted by molar-refractivity contribution is 0.683. The van der Waals surface area contributed by atoms with Crippen LogP contribution in [0.1, 0.15) is 11.3 Å². The van der Waals surface area contributed by atoms with E-state index in [4.69, 9.17) is 11.6 Å². The van der Waals surface area contributed by atoms with Crippen LogP contribution in [0.5, 0.6) is 0 Å². The maximum atomic E-state index is 5.80. The fourth-order valence-corrected chi connectivity index (χ4v) is 1.95. The SMILES string of the molecule is Clc1ccc(CNCc2cscn2)cc1. The third-order valence-corrected chi connectivity index (χ3v) is 2.92. The predicted molar refractivity (Wildman–Crippen MR) is 64.1 cm³/mol. The van der Waals surface area contributed by atoms with Gasteiger partial charge in [0.05, 0.1) is 11.2 Å². The fourth-order valence-electron chi connectivity index (χ4n) is 1.26. The molecule has 1 heterocycles. The summed E-state index contributed by atoms with van der Waals surface area (Å²) in [6.45, 7) is 1.65. The van der Waals surface area contributed by atoms with Crippen LogP contribution in [0.4, 0.5) is 0 Å². The number of halogens is 1. The normalized spacial score (nSPS) is 10.5. The van der Waals surface area contributed by atoms with Gasteiger partial charge in [-0.3, -0.25) is 0 Å². The molecule has 0 saturated carbocycles. The van der Waals surface area contributed by atoms with E-state index in [1.165, 1.54) is 5.56 Å². The van der Waals surface area contributed by atoms with Gasteiger partial charge in [-0.25, -0.2) is 4.98 Å². The van der Waals surface area contributed by atoms with E-state index in [2.05, 4.69) is 15.7 Å². The van der Waals surface area contributed by atoms with Crippen molar-refractivity contribution in [2.24, 2.45) is 0 Å². The highest BCUT2D eigenvalue weighted by Gasteiger charge is 1.95. The standard InChI is InChI=1S/C11H11ClN2S/c12-10-3-1-9(2-4-10)5-13-6-11-7-15-8-14-11/h1-4,7-8,13H,5-6H2. The molecular weight excluding hydrogens is 228 g/mol. The smallest absolute Gasteiger partial charge is 0.0795 e. The van der Waals surface area contributed by atoms with E-state index in [9.17, 15) is 0 Å². The lowest BCUT2D eigenvalue weighted by atomic mass is 10.2. The summed E-state index contributed by atoms with van der Waals surface area (Å²) in [4.78, 5) is 4.20. The Morgan fingerprint density at radius 1 is 1.20 bits per heavy atom. The molecule has 0 spiro atoms. The summed E-state index contributed by atoms with van der Waals surface area (Å²) in [5.74, 6) is 0. The van der Waals surface area contributed by atoms with Gasteiger partial charge in [0.25, 0.3) is 0 Å². The number of nitrogens with zero attached hydrogens (tertiary/aromatic N) is 1. The van der Waals surface area contributed by atoms with Crippen LogP contribution in [-0.4, -0.2) is 4.98 Å². The highest BCUT2D eigenvalue weighted by atomic mass is 35.5. The molecule has 0 aliphatic rings. The van der Waals surface area contributed by atoms with Crippen molar-refractivity contribution in [1.29, 1.82) is 0 Å². The lowest BCUT2D eigenvalue weighted by Crippen LogP contribution is -2.12. The van der Waals surface area contributed by atoms with Crippen LogP contribution >= 0.6 is 22.9 Å². The molecule has 0 unspecified atom stereocenters.